The largest absolute Gasteiger partial charge is 0.496 e. The molecule has 4 nitrogen and oxygen atoms in total. The second-order valence-corrected chi connectivity index (χ2v) is 4.62. The molecule has 0 radical (unpaired) electrons. The zero-order chi connectivity index (χ0) is 12.6. The van der Waals surface area contributed by atoms with Gasteiger partial charge in [-0.05, 0) is 31.0 Å². The van der Waals surface area contributed by atoms with Crippen LogP contribution in [0.25, 0.3) is 11.3 Å². The van der Waals surface area contributed by atoms with Gasteiger partial charge in [-0.15, -0.1) is 0 Å². The van der Waals surface area contributed by atoms with Crippen molar-refractivity contribution in [2.75, 3.05) is 7.11 Å². The van der Waals surface area contributed by atoms with Gasteiger partial charge in [0.05, 0.1) is 18.3 Å². The van der Waals surface area contributed by atoms with E-state index in [4.69, 9.17) is 10.5 Å². The van der Waals surface area contributed by atoms with Crippen LogP contribution in [0.2, 0.25) is 0 Å². The van der Waals surface area contributed by atoms with Crippen LogP contribution in [0, 0.1) is 0 Å². The quantitative estimate of drug-likeness (QED) is 0.894. The third-order valence-corrected chi connectivity index (χ3v) is 3.27. The molecule has 0 atom stereocenters. The summed E-state index contributed by atoms with van der Waals surface area (Å²) in [6.07, 6.45) is 3.68. The maximum Gasteiger partial charge on any atom is 0.148 e. The number of rotatable bonds is 3. The van der Waals surface area contributed by atoms with E-state index in [-0.39, 0.29) is 5.54 Å². The summed E-state index contributed by atoms with van der Waals surface area (Å²) in [4.78, 5) is 8.85. The smallest absolute Gasteiger partial charge is 0.148 e. The normalized spacial score (nSPS) is 16.3. The molecule has 0 amide bonds. The number of methoxy groups -OCH3 is 1. The summed E-state index contributed by atoms with van der Waals surface area (Å²) in [6, 6.07) is 9.70. The van der Waals surface area contributed by atoms with Crippen molar-refractivity contribution in [1.29, 1.82) is 0 Å². The maximum atomic E-state index is 6.13. The van der Waals surface area contributed by atoms with Gasteiger partial charge in [0, 0.05) is 11.8 Å². The molecular formula is C14H15N3O. The lowest BCUT2D eigenvalue weighted by atomic mass is 10.1. The number of hydrogen-bond donors (Lipinski definition) is 1. The highest BCUT2D eigenvalue weighted by Gasteiger charge is 2.43. The van der Waals surface area contributed by atoms with Crippen LogP contribution in [0.3, 0.4) is 0 Å². The van der Waals surface area contributed by atoms with E-state index in [1.165, 1.54) is 0 Å². The van der Waals surface area contributed by atoms with Crippen LogP contribution in [0.4, 0.5) is 0 Å². The second-order valence-electron chi connectivity index (χ2n) is 4.62. The number of para-hydroxylation sites is 1. The van der Waals surface area contributed by atoms with Gasteiger partial charge in [0.25, 0.3) is 0 Å². The first kappa shape index (κ1) is 11.2. The summed E-state index contributed by atoms with van der Waals surface area (Å²) in [7, 11) is 1.66. The average molecular weight is 241 g/mol. The van der Waals surface area contributed by atoms with Gasteiger partial charge in [0.1, 0.15) is 11.6 Å². The zero-order valence-corrected chi connectivity index (χ0v) is 10.3. The topological polar surface area (TPSA) is 61.0 Å². The molecular weight excluding hydrogens is 226 g/mol. The summed E-state index contributed by atoms with van der Waals surface area (Å²) in [5.74, 6) is 1.54. The summed E-state index contributed by atoms with van der Waals surface area (Å²) in [6.45, 7) is 0. The van der Waals surface area contributed by atoms with Gasteiger partial charge in [-0.25, -0.2) is 9.97 Å². The highest BCUT2D eigenvalue weighted by atomic mass is 16.5. The molecule has 3 rings (SSSR count). The Morgan fingerprint density at radius 1 is 1.22 bits per heavy atom. The lowest BCUT2D eigenvalue weighted by molar-refractivity contribution is 0.416. The molecule has 1 aromatic heterocycles. The molecule has 1 aliphatic carbocycles. The standard InChI is InChI=1S/C14H15N3O/c1-18-12-5-3-2-4-10(12)11-6-9-16-13(17-11)14(15)7-8-14/h2-6,9H,7-8,15H2,1H3. The summed E-state index contributed by atoms with van der Waals surface area (Å²) < 4.78 is 5.35. The van der Waals surface area contributed by atoms with Crippen molar-refractivity contribution in [1.82, 2.24) is 9.97 Å². The van der Waals surface area contributed by atoms with Crippen LogP contribution in [0.15, 0.2) is 36.5 Å². The van der Waals surface area contributed by atoms with Crippen molar-refractivity contribution in [2.24, 2.45) is 5.73 Å². The van der Waals surface area contributed by atoms with E-state index in [2.05, 4.69) is 9.97 Å². The Bertz CT molecular complexity index is 579. The minimum Gasteiger partial charge on any atom is -0.496 e. The first-order chi connectivity index (χ1) is 8.73. The summed E-state index contributed by atoms with van der Waals surface area (Å²) in [5, 5.41) is 0. The van der Waals surface area contributed by atoms with Crippen LogP contribution in [0.5, 0.6) is 5.75 Å². The van der Waals surface area contributed by atoms with E-state index >= 15 is 0 Å². The Morgan fingerprint density at radius 3 is 2.72 bits per heavy atom. The SMILES string of the molecule is COc1ccccc1-c1ccnc(C2(N)CC2)n1. The van der Waals surface area contributed by atoms with E-state index in [9.17, 15) is 0 Å². The predicted octanol–water partition coefficient (Wildman–Crippen LogP) is 2.10. The zero-order valence-electron chi connectivity index (χ0n) is 10.3. The molecule has 18 heavy (non-hydrogen) atoms. The van der Waals surface area contributed by atoms with Gasteiger partial charge in [-0.2, -0.15) is 0 Å². The van der Waals surface area contributed by atoms with Crippen LogP contribution in [-0.2, 0) is 5.54 Å². The van der Waals surface area contributed by atoms with Gasteiger partial charge in [-0.1, -0.05) is 12.1 Å². The van der Waals surface area contributed by atoms with Gasteiger partial charge in [0.15, 0.2) is 0 Å². The third kappa shape index (κ3) is 1.84. The molecule has 1 saturated carbocycles. The van der Waals surface area contributed by atoms with Crippen LogP contribution >= 0.6 is 0 Å². The van der Waals surface area contributed by atoms with Crippen LogP contribution in [0.1, 0.15) is 18.7 Å². The highest BCUT2D eigenvalue weighted by Crippen LogP contribution is 2.41. The van der Waals surface area contributed by atoms with E-state index in [0.717, 1.165) is 35.7 Å². The molecule has 1 heterocycles. The average Bonchev–Trinajstić information content (AvgIpc) is 3.18. The van der Waals surface area contributed by atoms with Crippen LogP contribution < -0.4 is 10.5 Å². The number of ether oxygens (including phenoxy) is 1. The van der Waals surface area contributed by atoms with Crippen molar-refractivity contribution in [2.45, 2.75) is 18.4 Å². The first-order valence-corrected chi connectivity index (χ1v) is 5.99. The molecule has 0 bridgehead atoms. The molecule has 1 fully saturated rings. The van der Waals surface area contributed by atoms with E-state index in [1.54, 1.807) is 13.3 Å². The fraction of sp³-hybridized carbons (Fsp3) is 0.286. The lowest BCUT2D eigenvalue weighted by Gasteiger charge is -2.11. The molecule has 2 aromatic rings. The van der Waals surface area contributed by atoms with Gasteiger partial charge in [-0.3, -0.25) is 0 Å². The molecule has 1 aromatic carbocycles. The first-order valence-electron chi connectivity index (χ1n) is 5.99. The van der Waals surface area contributed by atoms with Crippen molar-refractivity contribution in [3.63, 3.8) is 0 Å². The minimum absolute atomic E-state index is 0.308. The van der Waals surface area contributed by atoms with E-state index in [0.29, 0.717) is 0 Å². The highest BCUT2D eigenvalue weighted by molar-refractivity contribution is 5.66. The van der Waals surface area contributed by atoms with Crippen molar-refractivity contribution in [3.05, 3.63) is 42.4 Å². The fourth-order valence-corrected chi connectivity index (χ4v) is 1.96. The molecule has 0 saturated heterocycles. The van der Waals surface area contributed by atoms with Gasteiger partial charge in [0.2, 0.25) is 0 Å². The Hall–Kier alpha value is -1.94. The van der Waals surface area contributed by atoms with E-state index < -0.39 is 0 Å². The maximum absolute atomic E-state index is 6.13. The van der Waals surface area contributed by atoms with Crippen molar-refractivity contribution in [3.8, 4) is 17.0 Å². The lowest BCUT2D eigenvalue weighted by Crippen LogP contribution is -2.22. The molecule has 92 valence electrons. The molecule has 0 unspecified atom stereocenters. The number of aromatic nitrogens is 2. The Morgan fingerprint density at radius 2 is 2.00 bits per heavy atom. The Balaban J connectivity index is 2.06. The number of benzene rings is 1. The second kappa shape index (κ2) is 4.07. The predicted molar refractivity (Wildman–Crippen MR) is 69.1 cm³/mol. The summed E-state index contributed by atoms with van der Waals surface area (Å²) in [5.41, 5.74) is 7.64. The molecule has 0 aliphatic heterocycles. The Kier molecular flexibility index (Phi) is 2.52. The molecule has 4 heteroatoms. The summed E-state index contributed by atoms with van der Waals surface area (Å²) >= 11 is 0. The van der Waals surface area contributed by atoms with E-state index in [1.807, 2.05) is 30.3 Å². The van der Waals surface area contributed by atoms with Gasteiger partial charge >= 0.3 is 0 Å². The third-order valence-electron chi connectivity index (χ3n) is 3.27. The van der Waals surface area contributed by atoms with Crippen LogP contribution in [-0.4, -0.2) is 17.1 Å². The number of nitrogens with zero attached hydrogens (tertiary/aromatic N) is 2. The molecule has 0 spiro atoms. The monoisotopic (exact) mass is 241 g/mol. The molecule has 2 N–H and O–H groups in total. The van der Waals surface area contributed by atoms with Gasteiger partial charge < -0.3 is 10.5 Å². The fourth-order valence-electron chi connectivity index (χ4n) is 1.96. The molecule has 1 aliphatic rings. The Labute approximate surface area is 106 Å². The minimum atomic E-state index is -0.308. The van der Waals surface area contributed by atoms with Crippen molar-refractivity contribution >= 4 is 0 Å². The van der Waals surface area contributed by atoms with Crippen molar-refractivity contribution < 1.29 is 4.74 Å². The number of nitrogens with two attached hydrogens (primary N) is 1. The number of hydrogen-bond acceptors (Lipinski definition) is 4.